The Labute approximate surface area is 217 Å². The number of methoxy groups -OCH3 is 2. The monoisotopic (exact) mass is 534 g/mol. The van der Waals surface area contributed by atoms with E-state index in [0.717, 1.165) is 5.69 Å². The molecule has 1 aliphatic rings. The zero-order chi connectivity index (χ0) is 26.7. The standard InChI is InChI=1S/C26H28ClFN2O7/c1-35-14-18(13-31)30-12-20(26(33)34)25(32)19-9-15(23(36-2)11-22(19)30)7-16-8-17(10-21(27)24(16)28)29-3-5-37-6-4-29/h8-12,18,31H,3-7,13-14H2,1-2H3,(H,33,34)/t18-/m1/s1. The zero-order valence-corrected chi connectivity index (χ0v) is 21.3. The van der Waals surface area contributed by atoms with E-state index in [1.807, 2.05) is 0 Å². The van der Waals surface area contributed by atoms with Crippen molar-refractivity contribution in [1.29, 1.82) is 0 Å². The van der Waals surface area contributed by atoms with Crippen LogP contribution in [-0.2, 0) is 15.9 Å². The van der Waals surface area contributed by atoms with Crippen LogP contribution in [0.4, 0.5) is 10.1 Å². The lowest BCUT2D eigenvalue weighted by Gasteiger charge is -2.29. The van der Waals surface area contributed by atoms with Crippen LogP contribution < -0.4 is 15.1 Å². The molecule has 0 amide bonds. The van der Waals surface area contributed by atoms with Crippen molar-refractivity contribution in [1.82, 2.24) is 4.57 Å². The summed E-state index contributed by atoms with van der Waals surface area (Å²) in [6, 6.07) is 5.73. The highest BCUT2D eigenvalue weighted by atomic mass is 35.5. The number of halogens is 2. The van der Waals surface area contributed by atoms with Gasteiger partial charge in [-0.3, -0.25) is 4.79 Å². The van der Waals surface area contributed by atoms with Gasteiger partial charge in [0.05, 0.1) is 50.1 Å². The number of benzene rings is 2. The number of aliphatic hydroxyl groups is 1. The molecule has 2 N–H and O–H groups in total. The maximum absolute atomic E-state index is 15.1. The Morgan fingerprint density at radius 3 is 2.54 bits per heavy atom. The van der Waals surface area contributed by atoms with E-state index < -0.39 is 28.8 Å². The largest absolute Gasteiger partial charge is 0.496 e. The summed E-state index contributed by atoms with van der Waals surface area (Å²) in [7, 11) is 2.90. The van der Waals surface area contributed by atoms with Crippen molar-refractivity contribution in [2.75, 3.05) is 58.6 Å². The number of nitrogens with zero attached hydrogens (tertiary/aromatic N) is 2. The molecule has 0 aliphatic carbocycles. The number of carbonyl (C=O) groups is 1. The molecule has 2 heterocycles. The number of pyridine rings is 1. The minimum Gasteiger partial charge on any atom is -0.496 e. The number of anilines is 1. The van der Waals surface area contributed by atoms with E-state index >= 15 is 4.39 Å². The van der Waals surface area contributed by atoms with E-state index in [2.05, 4.69) is 4.90 Å². The topological polar surface area (TPSA) is 110 Å². The third-order valence-corrected chi connectivity index (χ3v) is 6.75. The molecule has 3 aromatic rings. The maximum atomic E-state index is 15.1. The number of hydrogen-bond donors (Lipinski definition) is 2. The van der Waals surface area contributed by atoms with E-state index in [9.17, 15) is 19.8 Å². The second kappa shape index (κ2) is 11.5. The van der Waals surface area contributed by atoms with E-state index in [1.54, 1.807) is 18.2 Å². The molecule has 0 unspecified atom stereocenters. The Balaban J connectivity index is 1.87. The summed E-state index contributed by atoms with van der Waals surface area (Å²) in [6.45, 7) is 2.12. The predicted octanol–water partition coefficient (Wildman–Crippen LogP) is 3.11. The third kappa shape index (κ3) is 5.42. The molecule has 1 fully saturated rings. The van der Waals surface area contributed by atoms with E-state index in [0.29, 0.717) is 48.7 Å². The first kappa shape index (κ1) is 26.9. The molecule has 0 spiro atoms. The highest BCUT2D eigenvalue weighted by Crippen LogP contribution is 2.33. The highest BCUT2D eigenvalue weighted by Gasteiger charge is 2.22. The number of aliphatic hydroxyl groups excluding tert-OH is 1. The first-order chi connectivity index (χ1) is 17.8. The molecular weight excluding hydrogens is 507 g/mol. The molecule has 198 valence electrons. The molecule has 37 heavy (non-hydrogen) atoms. The quantitative estimate of drug-likeness (QED) is 0.431. The minimum atomic E-state index is -1.40. The molecule has 1 aliphatic heterocycles. The van der Waals surface area contributed by atoms with E-state index in [4.69, 9.17) is 25.8 Å². The number of aromatic nitrogens is 1. The summed E-state index contributed by atoms with van der Waals surface area (Å²) in [5, 5.41) is 19.6. The molecule has 1 saturated heterocycles. The van der Waals surface area contributed by atoms with Crippen molar-refractivity contribution in [2.24, 2.45) is 0 Å². The molecule has 0 saturated carbocycles. The van der Waals surface area contributed by atoms with Crippen LogP contribution >= 0.6 is 11.6 Å². The van der Waals surface area contributed by atoms with Crippen LogP contribution in [0.3, 0.4) is 0 Å². The van der Waals surface area contributed by atoms with Gasteiger partial charge < -0.3 is 33.9 Å². The normalized spacial score (nSPS) is 14.7. The van der Waals surface area contributed by atoms with Gasteiger partial charge in [-0.05, 0) is 29.3 Å². The lowest BCUT2D eigenvalue weighted by atomic mass is 9.99. The average molecular weight is 535 g/mol. The number of rotatable bonds is 9. The van der Waals surface area contributed by atoms with Crippen molar-refractivity contribution in [3.05, 3.63) is 68.2 Å². The summed E-state index contributed by atoms with van der Waals surface area (Å²) < 4.78 is 32.8. The van der Waals surface area contributed by atoms with Gasteiger partial charge in [0.25, 0.3) is 0 Å². The van der Waals surface area contributed by atoms with Gasteiger partial charge in [-0.15, -0.1) is 0 Å². The second-order valence-electron chi connectivity index (χ2n) is 8.73. The number of ether oxygens (including phenoxy) is 3. The van der Waals surface area contributed by atoms with Crippen LogP contribution in [0.15, 0.2) is 35.3 Å². The lowest BCUT2D eigenvalue weighted by Crippen LogP contribution is -2.36. The Kier molecular flexibility index (Phi) is 8.33. The number of hydrogen-bond acceptors (Lipinski definition) is 7. The molecule has 2 aromatic carbocycles. The summed E-state index contributed by atoms with van der Waals surface area (Å²) in [5.41, 5.74) is 0.730. The first-order valence-electron chi connectivity index (χ1n) is 11.7. The lowest BCUT2D eigenvalue weighted by molar-refractivity contribution is 0.0692. The molecular formula is C26H28ClFN2O7. The molecule has 0 bridgehead atoms. The van der Waals surface area contributed by atoms with Crippen LogP contribution in [0.25, 0.3) is 10.9 Å². The van der Waals surface area contributed by atoms with Crippen molar-refractivity contribution in [3.63, 3.8) is 0 Å². The van der Waals surface area contributed by atoms with Crippen LogP contribution in [0.1, 0.15) is 27.5 Å². The number of aromatic carboxylic acids is 1. The summed E-state index contributed by atoms with van der Waals surface area (Å²) in [4.78, 5) is 27.0. The van der Waals surface area contributed by atoms with Crippen molar-refractivity contribution >= 4 is 34.2 Å². The first-order valence-corrected chi connectivity index (χ1v) is 12.1. The Bertz CT molecular complexity index is 1370. The van der Waals surface area contributed by atoms with Crippen LogP contribution in [0.5, 0.6) is 5.75 Å². The maximum Gasteiger partial charge on any atom is 0.341 e. The predicted molar refractivity (Wildman–Crippen MR) is 137 cm³/mol. The summed E-state index contributed by atoms with van der Waals surface area (Å²) in [6.07, 6.45) is 1.23. The second-order valence-corrected chi connectivity index (χ2v) is 9.14. The average Bonchev–Trinajstić information content (AvgIpc) is 2.90. The Hall–Kier alpha value is -3.18. The fourth-order valence-electron chi connectivity index (χ4n) is 4.59. The van der Waals surface area contributed by atoms with Gasteiger partial charge in [-0.1, -0.05) is 11.6 Å². The van der Waals surface area contributed by atoms with Gasteiger partial charge in [-0.25, -0.2) is 9.18 Å². The number of morpholine rings is 1. The van der Waals surface area contributed by atoms with Crippen molar-refractivity contribution in [2.45, 2.75) is 12.5 Å². The van der Waals surface area contributed by atoms with Gasteiger partial charge >= 0.3 is 5.97 Å². The van der Waals surface area contributed by atoms with E-state index in [1.165, 1.54) is 31.0 Å². The van der Waals surface area contributed by atoms with Crippen molar-refractivity contribution in [3.8, 4) is 5.75 Å². The van der Waals surface area contributed by atoms with Gasteiger partial charge in [-0.2, -0.15) is 0 Å². The number of carboxylic acid groups (broad SMARTS) is 1. The van der Waals surface area contributed by atoms with E-state index in [-0.39, 0.29) is 30.0 Å². The number of fused-ring (bicyclic) bond motifs is 1. The molecule has 1 atom stereocenters. The molecule has 9 nitrogen and oxygen atoms in total. The number of carboxylic acids is 1. The Morgan fingerprint density at radius 2 is 1.92 bits per heavy atom. The fourth-order valence-corrected chi connectivity index (χ4v) is 4.82. The van der Waals surface area contributed by atoms with Gasteiger partial charge in [0.15, 0.2) is 0 Å². The van der Waals surface area contributed by atoms with Crippen molar-refractivity contribution < 1.29 is 33.6 Å². The van der Waals surface area contributed by atoms with Crippen LogP contribution in [-0.4, -0.2) is 74.5 Å². The van der Waals surface area contributed by atoms with Crippen LogP contribution in [0.2, 0.25) is 5.02 Å². The van der Waals surface area contributed by atoms with Gasteiger partial charge in [0, 0.05) is 50.0 Å². The SMILES string of the molecule is COC[C@@H](CO)n1cc(C(=O)O)c(=O)c2cc(Cc3cc(N4CCOCC4)cc(Cl)c3F)c(OC)cc21. The molecule has 0 radical (unpaired) electrons. The van der Waals surface area contributed by atoms with Gasteiger partial charge in [0.2, 0.25) is 5.43 Å². The molecule has 4 rings (SSSR count). The third-order valence-electron chi connectivity index (χ3n) is 6.47. The molecule has 1 aromatic heterocycles. The molecule has 11 heteroatoms. The van der Waals surface area contributed by atoms with Crippen LogP contribution in [0, 0.1) is 5.82 Å². The van der Waals surface area contributed by atoms with Gasteiger partial charge in [0.1, 0.15) is 17.1 Å². The summed E-state index contributed by atoms with van der Waals surface area (Å²) >= 11 is 6.24. The fraction of sp³-hybridized carbons (Fsp3) is 0.385. The summed E-state index contributed by atoms with van der Waals surface area (Å²) in [5.74, 6) is -1.62. The zero-order valence-electron chi connectivity index (χ0n) is 20.5. The minimum absolute atomic E-state index is 0.0281. The Morgan fingerprint density at radius 1 is 1.19 bits per heavy atom. The highest BCUT2D eigenvalue weighted by molar-refractivity contribution is 6.31. The smallest absolute Gasteiger partial charge is 0.341 e.